The lowest BCUT2D eigenvalue weighted by Crippen LogP contribution is -2.34. The van der Waals surface area contributed by atoms with Crippen LogP contribution < -0.4 is 5.32 Å². The van der Waals surface area contributed by atoms with Crippen LogP contribution in [0.4, 0.5) is 4.39 Å². The highest BCUT2D eigenvalue weighted by Gasteiger charge is 2.15. The average Bonchev–Trinajstić information content (AvgIpc) is 2.36. The molecule has 0 bridgehead atoms. The van der Waals surface area contributed by atoms with E-state index < -0.39 is 6.10 Å². The van der Waals surface area contributed by atoms with Crippen molar-refractivity contribution in [2.45, 2.75) is 52.4 Å². The molecule has 2 N–H and O–H groups in total. The summed E-state index contributed by atoms with van der Waals surface area (Å²) in [7, 11) is 0. The Morgan fingerprint density at radius 2 is 2.00 bits per heavy atom. The van der Waals surface area contributed by atoms with Crippen LogP contribution in [-0.4, -0.2) is 30.0 Å². The SMILES string of the molecule is Cc1ccc(C(C)NCC(O)COC(C)(C)C)cc1F. The summed E-state index contributed by atoms with van der Waals surface area (Å²) in [5.74, 6) is -0.201. The smallest absolute Gasteiger partial charge is 0.126 e. The van der Waals surface area contributed by atoms with E-state index in [1.54, 1.807) is 13.0 Å². The Hall–Kier alpha value is -0.970. The molecule has 1 aromatic rings. The lowest BCUT2D eigenvalue weighted by molar-refractivity contribution is -0.0482. The van der Waals surface area contributed by atoms with Gasteiger partial charge in [0, 0.05) is 12.6 Å². The predicted octanol–water partition coefficient (Wildman–Crippen LogP) is 2.96. The molecule has 0 fully saturated rings. The number of aliphatic hydroxyl groups excluding tert-OH is 1. The molecule has 2 atom stereocenters. The van der Waals surface area contributed by atoms with Crippen molar-refractivity contribution in [2.24, 2.45) is 0 Å². The fourth-order valence-corrected chi connectivity index (χ4v) is 1.71. The van der Waals surface area contributed by atoms with E-state index in [9.17, 15) is 9.50 Å². The summed E-state index contributed by atoms with van der Waals surface area (Å²) in [6, 6.07) is 5.18. The van der Waals surface area contributed by atoms with E-state index in [-0.39, 0.29) is 24.1 Å². The monoisotopic (exact) mass is 283 g/mol. The van der Waals surface area contributed by atoms with Crippen LogP contribution in [0.1, 0.15) is 44.9 Å². The summed E-state index contributed by atoms with van der Waals surface area (Å²) in [5.41, 5.74) is 1.25. The first-order valence-electron chi connectivity index (χ1n) is 7.00. The maximum atomic E-state index is 13.5. The number of benzene rings is 1. The standard InChI is InChI=1S/C16H26FNO2/c1-11-6-7-13(8-15(11)17)12(2)18-9-14(19)10-20-16(3,4)5/h6-8,12,14,18-19H,9-10H2,1-5H3. The normalized spacial score (nSPS) is 15.2. The highest BCUT2D eigenvalue weighted by molar-refractivity contribution is 5.25. The van der Waals surface area contributed by atoms with Crippen LogP contribution in [0.5, 0.6) is 0 Å². The van der Waals surface area contributed by atoms with Crippen molar-refractivity contribution in [3.63, 3.8) is 0 Å². The van der Waals surface area contributed by atoms with E-state index in [0.717, 1.165) is 5.56 Å². The predicted molar refractivity (Wildman–Crippen MR) is 79.3 cm³/mol. The number of aliphatic hydroxyl groups is 1. The molecule has 0 aliphatic heterocycles. The molecule has 1 rings (SSSR count). The van der Waals surface area contributed by atoms with Gasteiger partial charge in [0.2, 0.25) is 0 Å². The van der Waals surface area contributed by atoms with Crippen LogP contribution in [0.25, 0.3) is 0 Å². The van der Waals surface area contributed by atoms with Crippen molar-refractivity contribution in [3.8, 4) is 0 Å². The summed E-state index contributed by atoms with van der Waals surface area (Å²) >= 11 is 0. The van der Waals surface area contributed by atoms with Crippen molar-refractivity contribution < 1.29 is 14.2 Å². The van der Waals surface area contributed by atoms with Gasteiger partial charge in [-0.15, -0.1) is 0 Å². The first kappa shape index (κ1) is 17.1. The summed E-state index contributed by atoms with van der Waals surface area (Å²) in [5, 5.41) is 13.0. The third-order valence-corrected chi connectivity index (χ3v) is 3.06. The molecule has 0 amide bonds. The molecule has 2 unspecified atom stereocenters. The van der Waals surface area contributed by atoms with Gasteiger partial charge in [-0.1, -0.05) is 12.1 Å². The van der Waals surface area contributed by atoms with Gasteiger partial charge in [0.25, 0.3) is 0 Å². The molecule has 0 spiro atoms. The Kier molecular flexibility index (Phi) is 6.11. The van der Waals surface area contributed by atoms with Gasteiger partial charge < -0.3 is 15.2 Å². The molecular formula is C16H26FNO2. The third-order valence-electron chi connectivity index (χ3n) is 3.06. The van der Waals surface area contributed by atoms with Crippen LogP contribution in [-0.2, 0) is 4.74 Å². The number of hydrogen-bond acceptors (Lipinski definition) is 3. The molecular weight excluding hydrogens is 257 g/mol. The lowest BCUT2D eigenvalue weighted by Gasteiger charge is -2.23. The van der Waals surface area contributed by atoms with Gasteiger partial charge >= 0.3 is 0 Å². The minimum Gasteiger partial charge on any atom is -0.389 e. The highest BCUT2D eigenvalue weighted by Crippen LogP contribution is 2.16. The van der Waals surface area contributed by atoms with Crippen LogP contribution >= 0.6 is 0 Å². The molecule has 3 nitrogen and oxygen atoms in total. The zero-order chi connectivity index (χ0) is 15.3. The number of hydrogen-bond donors (Lipinski definition) is 2. The molecule has 0 heterocycles. The van der Waals surface area contributed by atoms with E-state index >= 15 is 0 Å². The van der Waals surface area contributed by atoms with Crippen molar-refractivity contribution in [2.75, 3.05) is 13.2 Å². The van der Waals surface area contributed by atoms with E-state index in [1.807, 2.05) is 33.8 Å². The maximum absolute atomic E-state index is 13.5. The van der Waals surface area contributed by atoms with Crippen molar-refractivity contribution in [1.29, 1.82) is 0 Å². The summed E-state index contributed by atoms with van der Waals surface area (Å²) in [6.45, 7) is 10.2. The third kappa shape index (κ3) is 5.99. The van der Waals surface area contributed by atoms with E-state index in [4.69, 9.17) is 4.74 Å². The Balaban J connectivity index is 2.42. The Morgan fingerprint density at radius 1 is 1.35 bits per heavy atom. The largest absolute Gasteiger partial charge is 0.389 e. The molecule has 0 radical (unpaired) electrons. The first-order valence-corrected chi connectivity index (χ1v) is 7.00. The number of aryl methyl sites for hydroxylation is 1. The minimum absolute atomic E-state index is 0.0191. The molecule has 4 heteroatoms. The topological polar surface area (TPSA) is 41.5 Å². The molecule has 0 saturated heterocycles. The fourth-order valence-electron chi connectivity index (χ4n) is 1.71. The van der Waals surface area contributed by atoms with Gasteiger partial charge in [0.1, 0.15) is 5.82 Å². The number of halogens is 1. The number of ether oxygens (including phenoxy) is 1. The Bertz CT molecular complexity index is 429. The maximum Gasteiger partial charge on any atom is 0.126 e. The Morgan fingerprint density at radius 3 is 2.55 bits per heavy atom. The van der Waals surface area contributed by atoms with Gasteiger partial charge in [0.05, 0.1) is 18.3 Å². The Labute approximate surface area is 121 Å². The van der Waals surface area contributed by atoms with Crippen molar-refractivity contribution in [1.82, 2.24) is 5.32 Å². The molecule has 0 aliphatic rings. The van der Waals surface area contributed by atoms with Gasteiger partial charge in [0.15, 0.2) is 0 Å². The molecule has 114 valence electrons. The number of rotatable bonds is 6. The van der Waals surface area contributed by atoms with E-state index in [1.165, 1.54) is 6.07 Å². The van der Waals surface area contributed by atoms with Gasteiger partial charge in [-0.05, 0) is 51.8 Å². The van der Waals surface area contributed by atoms with Crippen LogP contribution in [0, 0.1) is 12.7 Å². The van der Waals surface area contributed by atoms with Gasteiger partial charge in [-0.3, -0.25) is 0 Å². The zero-order valence-corrected chi connectivity index (χ0v) is 13.0. The minimum atomic E-state index is -0.577. The molecule has 0 saturated carbocycles. The van der Waals surface area contributed by atoms with Gasteiger partial charge in [-0.2, -0.15) is 0 Å². The van der Waals surface area contributed by atoms with Crippen LogP contribution in [0.2, 0.25) is 0 Å². The summed E-state index contributed by atoms with van der Waals surface area (Å²) < 4.78 is 19.0. The second-order valence-electron chi connectivity index (χ2n) is 6.22. The van der Waals surface area contributed by atoms with E-state index in [2.05, 4.69) is 5.32 Å². The quantitative estimate of drug-likeness (QED) is 0.843. The number of nitrogens with one attached hydrogen (secondary N) is 1. The first-order chi connectivity index (χ1) is 9.19. The summed E-state index contributed by atoms with van der Waals surface area (Å²) in [6.07, 6.45) is -0.577. The second kappa shape index (κ2) is 7.16. The molecule has 0 aliphatic carbocycles. The van der Waals surface area contributed by atoms with Crippen LogP contribution in [0.3, 0.4) is 0 Å². The highest BCUT2D eigenvalue weighted by atomic mass is 19.1. The van der Waals surface area contributed by atoms with Gasteiger partial charge in [-0.25, -0.2) is 4.39 Å². The molecule has 20 heavy (non-hydrogen) atoms. The fraction of sp³-hybridized carbons (Fsp3) is 0.625. The van der Waals surface area contributed by atoms with Crippen molar-refractivity contribution >= 4 is 0 Å². The van der Waals surface area contributed by atoms with Crippen molar-refractivity contribution in [3.05, 3.63) is 35.1 Å². The second-order valence-corrected chi connectivity index (χ2v) is 6.22. The zero-order valence-electron chi connectivity index (χ0n) is 13.0. The van der Waals surface area contributed by atoms with Crippen LogP contribution in [0.15, 0.2) is 18.2 Å². The molecule has 0 aromatic heterocycles. The lowest BCUT2D eigenvalue weighted by atomic mass is 10.1. The average molecular weight is 283 g/mol. The van der Waals surface area contributed by atoms with E-state index in [0.29, 0.717) is 12.1 Å². The molecule has 1 aromatic carbocycles. The summed E-state index contributed by atoms with van der Waals surface area (Å²) in [4.78, 5) is 0.